The zero-order chi connectivity index (χ0) is 16.1. The maximum absolute atomic E-state index is 8.78. The van der Waals surface area contributed by atoms with Gasteiger partial charge in [-0.05, 0) is 24.5 Å². The Hall–Kier alpha value is -2.16. The number of aromatic nitrogens is 2. The minimum absolute atomic E-state index is 0.0911. The number of ether oxygens (including phenoxy) is 1. The van der Waals surface area contributed by atoms with Crippen molar-refractivity contribution in [2.24, 2.45) is 0 Å². The summed E-state index contributed by atoms with van der Waals surface area (Å²) in [6, 6.07) is 9.93. The van der Waals surface area contributed by atoms with Crippen molar-refractivity contribution >= 4 is 17.4 Å². The number of nitrogens with one attached hydrogen (secondary N) is 1. The summed E-state index contributed by atoms with van der Waals surface area (Å²) in [5, 5.41) is 12.9. The number of nitriles is 1. The molecule has 6 heteroatoms. The molecule has 0 aliphatic carbocycles. The fourth-order valence-electron chi connectivity index (χ4n) is 2.93. The standard InChI is InChI=1S/C17H17ClN4O/c18-15-4-2-1-3-14(15)17(5-7-23-8-6-17)12-22-16-11-20-13(9-19)10-21-16/h1-4,10-11H,5-8,12H2,(H,21,22). The van der Waals surface area contributed by atoms with Gasteiger partial charge in [-0.2, -0.15) is 5.26 Å². The third-order valence-electron chi connectivity index (χ3n) is 4.27. The minimum Gasteiger partial charge on any atom is -0.381 e. The van der Waals surface area contributed by atoms with Crippen molar-refractivity contribution in [2.75, 3.05) is 25.1 Å². The van der Waals surface area contributed by atoms with E-state index in [4.69, 9.17) is 21.6 Å². The summed E-state index contributed by atoms with van der Waals surface area (Å²) in [5.74, 6) is 0.655. The first kappa shape index (κ1) is 15.7. The lowest BCUT2D eigenvalue weighted by molar-refractivity contribution is 0.0544. The van der Waals surface area contributed by atoms with Gasteiger partial charge in [-0.1, -0.05) is 29.8 Å². The molecule has 1 aromatic carbocycles. The van der Waals surface area contributed by atoms with Gasteiger partial charge in [0.1, 0.15) is 11.9 Å². The summed E-state index contributed by atoms with van der Waals surface area (Å²) >= 11 is 6.44. The number of benzene rings is 1. The molecule has 1 N–H and O–H groups in total. The Kier molecular flexibility index (Phi) is 4.75. The molecule has 0 radical (unpaired) electrons. The molecule has 1 saturated heterocycles. The van der Waals surface area contributed by atoms with Gasteiger partial charge >= 0.3 is 0 Å². The van der Waals surface area contributed by atoms with Crippen molar-refractivity contribution in [3.05, 3.63) is 52.9 Å². The number of nitrogens with zero attached hydrogens (tertiary/aromatic N) is 3. The molecule has 1 aliphatic heterocycles. The van der Waals surface area contributed by atoms with Crippen LogP contribution in [0.3, 0.4) is 0 Å². The van der Waals surface area contributed by atoms with E-state index in [2.05, 4.69) is 21.4 Å². The molecule has 118 valence electrons. The minimum atomic E-state index is -0.0911. The van der Waals surface area contributed by atoms with E-state index in [1.807, 2.05) is 24.3 Å². The monoisotopic (exact) mass is 328 g/mol. The smallest absolute Gasteiger partial charge is 0.158 e. The van der Waals surface area contributed by atoms with E-state index >= 15 is 0 Å². The van der Waals surface area contributed by atoms with Crippen LogP contribution in [0.2, 0.25) is 5.02 Å². The zero-order valence-corrected chi connectivity index (χ0v) is 13.4. The van der Waals surface area contributed by atoms with E-state index in [9.17, 15) is 0 Å². The Morgan fingerprint density at radius 3 is 2.65 bits per heavy atom. The number of hydrogen-bond donors (Lipinski definition) is 1. The lowest BCUT2D eigenvalue weighted by Crippen LogP contribution is -2.40. The molecule has 2 heterocycles. The number of rotatable bonds is 4. The van der Waals surface area contributed by atoms with Gasteiger partial charge in [0.2, 0.25) is 0 Å². The van der Waals surface area contributed by atoms with Crippen molar-refractivity contribution in [2.45, 2.75) is 18.3 Å². The molecule has 1 fully saturated rings. The van der Waals surface area contributed by atoms with Gasteiger partial charge in [0.25, 0.3) is 0 Å². The van der Waals surface area contributed by atoms with Gasteiger partial charge in [-0.15, -0.1) is 0 Å². The van der Waals surface area contributed by atoms with Crippen molar-refractivity contribution < 1.29 is 4.74 Å². The number of halogens is 1. The molecule has 5 nitrogen and oxygen atoms in total. The highest BCUT2D eigenvalue weighted by Gasteiger charge is 2.35. The van der Waals surface area contributed by atoms with E-state index in [0.717, 1.165) is 23.4 Å². The molecule has 2 aromatic rings. The van der Waals surface area contributed by atoms with Gasteiger partial charge < -0.3 is 10.1 Å². The number of hydrogen-bond acceptors (Lipinski definition) is 5. The average Bonchev–Trinajstić information content (AvgIpc) is 2.61. The average molecular weight is 329 g/mol. The van der Waals surface area contributed by atoms with E-state index < -0.39 is 0 Å². The molecule has 1 aliphatic rings. The normalized spacial score (nSPS) is 16.5. The van der Waals surface area contributed by atoms with Gasteiger partial charge in [-0.3, -0.25) is 0 Å². The molecule has 3 rings (SSSR count). The maximum atomic E-state index is 8.78. The fourth-order valence-corrected chi connectivity index (χ4v) is 3.27. The summed E-state index contributed by atoms with van der Waals surface area (Å²) in [6.07, 6.45) is 4.84. The highest BCUT2D eigenvalue weighted by atomic mass is 35.5. The second-order valence-corrected chi connectivity index (χ2v) is 6.03. The Labute approximate surface area is 140 Å². The molecule has 23 heavy (non-hydrogen) atoms. The Bertz CT molecular complexity index is 705. The summed E-state index contributed by atoms with van der Waals surface area (Å²) in [6.45, 7) is 2.12. The topological polar surface area (TPSA) is 70.8 Å². The first-order chi connectivity index (χ1) is 11.2. The lowest BCUT2D eigenvalue weighted by Gasteiger charge is -2.38. The largest absolute Gasteiger partial charge is 0.381 e. The summed E-state index contributed by atoms with van der Waals surface area (Å²) in [5.41, 5.74) is 1.35. The van der Waals surface area contributed by atoms with Gasteiger partial charge in [0.15, 0.2) is 5.69 Å². The van der Waals surface area contributed by atoms with Crippen LogP contribution in [0.25, 0.3) is 0 Å². The van der Waals surface area contributed by atoms with Gasteiger partial charge in [0, 0.05) is 30.2 Å². The molecule has 0 saturated carbocycles. The first-order valence-corrected chi connectivity index (χ1v) is 7.90. The van der Waals surface area contributed by atoms with Crippen LogP contribution in [0.1, 0.15) is 24.1 Å². The SMILES string of the molecule is N#Cc1cnc(NCC2(c3ccccc3Cl)CCOCC2)cn1. The summed E-state index contributed by atoms with van der Waals surface area (Å²) in [7, 11) is 0. The second-order valence-electron chi connectivity index (χ2n) is 5.62. The first-order valence-electron chi connectivity index (χ1n) is 7.52. The van der Waals surface area contributed by atoms with Gasteiger partial charge in [-0.25, -0.2) is 9.97 Å². The Balaban J connectivity index is 1.82. The van der Waals surface area contributed by atoms with Crippen LogP contribution >= 0.6 is 11.6 Å². The van der Waals surface area contributed by atoms with Crippen LogP contribution in [0, 0.1) is 11.3 Å². The summed E-state index contributed by atoms with van der Waals surface area (Å²) < 4.78 is 5.53. The van der Waals surface area contributed by atoms with Crippen LogP contribution in [-0.2, 0) is 10.2 Å². The van der Waals surface area contributed by atoms with Crippen LogP contribution < -0.4 is 5.32 Å². The molecule has 0 spiro atoms. The van der Waals surface area contributed by atoms with E-state index in [-0.39, 0.29) is 5.41 Å². The predicted molar refractivity (Wildman–Crippen MR) is 88.4 cm³/mol. The van der Waals surface area contributed by atoms with Crippen molar-refractivity contribution in [3.8, 4) is 6.07 Å². The molecule has 1 aromatic heterocycles. The van der Waals surface area contributed by atoms with E-state index in [1.54, 1.807) is 6.20 Å². The van der Waals surface area contributed by atoms with Gasteiger partial charge in [0.05, 0.1) is 12.4 Å². The van der Waals surface area contributed by atoms with Crippen molar-refractivity contribution in [3.63, 3.8) is 0 Å². The van der Waals surface area contributed by atoms with Crippen molar-refractivity contribution in [1.82, 2.24) is 9.97 Å². The van der Waals surface area contributed by atoms with E-state index in [1.165, 1.54) is 6.20 Å². The van der Waals surface area contributed by atoms with Crippen LogP contribution in [0.15, 0.2) is 36.7 Å². The molecule has 0 amide bonds. The molecule has 0 unspecified atom stereocenters. The predicted octanol–water partition coefficient (Wildman–Crippen LogP) is 3.16. The zero-order valence-electron chi connectivity index (χ0n) is 12.6. The molecule has 0 bridgehead atoms. The van der Waals surface area contributed by atoms with Crippen LogP contribution in [0.4, 0.5) is 5.82 Å². The maximum Gasteiger partial charge on any atom is 0.158 e. The number of anilines is 1. The van der Waals surface area contributed by atoms with E-state index in [0.29, 0.717) is 31.3 Å². The molecule has 0 atom stereocenters. The fraction of sp³-hybridized carbons (Fsp3) is 0.353. The lowest BCUT2D eigenvalue weighted by atomic mass is 9.74. The highest BCUT2D eigenvalue weighted by Crippen LogP contribution is 2.38. The molecular weight excluding hydrogens is 312 g/mol. The quantitative estimate of drug-likeness (QED) is 0.933. The van der Waals surface area contributed by atoms with Crippen LogP contribution in [-0.4, -0.2) is 29.7 Å². The third kappa shape index (κ3) is 3.44. The Morgan fingerprint density at radius 2 is 2.00 bits per heavy atom. The summed E-state index contributed by atoms with van der Waals surface area (Å²) in [4.78, 5) is 8.26. The van der Waals surface area contributed by atoms with Crippen LogP contribution in [0.5, 0.6) is 0 Å². The highest BCUT2D eigenvalue weighted by molar-refractivity contribution is 6.31. The molecular formula is C17H17ClN4O. The van der Waals surface area contributed by atoms with Crippen molar-refractivity contribution in [1.29, 1.82) is 5.26 Å². The third-order valence-corrected chi connectivity index (χ3v) is 4.60. The second kappa shape index (κ2) is 6.95. The Morgan fingerprint density at radius 1 is 1.22 bits per heavy atom.